The van der Waals surface area contributed by atoms with E-state index in [9.17, 15) is 4.79 Å². The summed E-state index contributed by atoms with van der Waals surface area (Å²) in [5, 5.41) is 0. The molecule has 2 unspecified atom stereocenters. The number of carbonyl (C=O) groups is 1. The van der Waals surface area contributed by atoms with Crippen LogP contribution in [0.5, 0.6) is 0 Å². The normalized spacial score (nSPS) is 29.8. The van der Waals surface area contributed by atoms with Crippen molar-refractivity contribution in [2.24, 2.45) is 16.6 Å². The maximum atomic E-state index is 12.6. The minimum Gasteiger partial charge on any atom is -0.434 e. The fourth-order valence-electron chi connectivity index (χ4n) is 3.53. The molecule has 23 heavy (non-hydrogen) atoms. The van der Waals surface area contributed by atoms with Gasteiger partial charge in [-0.1, -0.05) is 40.0 Å². The molecule has 2 aliphatic rings. The quantitative estimate of drug-likeness (QED) is 0.421. The lowest BCUT2D eigenvalue weighted by Gasteiger charge is -2.40. The molecular formula is C18H33NO4. The van der Waals surface area contributed by atoms with Crippen LogP contribution in [0.4, 0.5) is 0 Å². The molecule has 0 aliphatic heterocycles. The standard InChI is InChI=1S/C18H33NO4/c1-5-21-11-12-22-15(17(4)9-7-6-8-10-17)23-14(20)18(19)13-16(18,2)3/h15H,5-13,19H2,1-4H3. The first-order valence-electron chi connectivity index (χ1n) is 8.94. The molecule has 0 aromatic heterocycles. The van der Waals surface area contributed by atoms with Crippen molar-refractivity contribution < 1.29 is 19.0 Å². The molecule has 0 saturated heterocycles. The van der Waals surface area contributed by atoms with E-state index in [1.165, 1.54) is 6.42 Å². The van der Waals surface area contributed by atoms with Crippen molar-refractivity contribution in [1.29, 1.82) is 0 Å². The molecule has 0 spiro atoms. The number of nitrogens with two attached hydrogens (primary N) is 1. The largest absolute Gasteiger partial charge is 0.434 e. The summed E-state index contributed by atoms with van der Waals surface area (Å²) in [6.07, 6.45) is 5.70. The second-order valence-corrected chi connectivity index (χ2v) is 8.05. The Balaban J connectivity index is 1.99. The Morgan fingerprint density at radius 2 is 1.74 bits per heavy atom. The molecule has 0 aromatic rings. The minimum absolute atomic E-state index is 0.129. The maximum absolute atomic E-state index is 12.6. The molecule has 5 nitrogen and oxygen atoms in total. The van der Waals surface area contributed by atoms with E-state index >= 15 is 0 Å². The van der Waals surface area contributed by atoms with E-state index in [-0.39, 0.29) is 16.8 Å². The average Bonchev–Trinajstić information content (AvgIpc) is 3.02. The topological polar surface area (TPSA) is 70.8 Å². The number of hydrogen-bond donors (Lipinski definition) is 1. The molecule has 0 amide bonds. The Bertz CT molecular complexity index is 417. The van der Waals surface area contributed by atoms with Crippen LogP contribution in [0.25, 0.3) is 0 Å². The summed E-state index contributed by atoms with van der Waals surface area (Å²) in [5.41, 5.74) is 5.03. The van der Waals surface area contributed by atoms with Crippen LogP contribution in [0, 0.1) is 10.8 Å². The average molecular weight is 327 g/mol. The predicted molar refractivity (Wildman–Crippen MR) is 88.8 cm³/mol. The highest BCUT2D eigenvalue weighted by Crippen LogP contribution is 2.54. The van der Waals surface area contributed by atoms with E-state index in [4.69, 9.17) is 19.9 Å². The number of hydrogen-bond acceptors (Lipinski definition) is 5. The van der Waals surface area contributed by atoms with Gasteiger partial charge in [0.2, 0.25) is 6.29 Å². The number of rotatable bonds is 8. The third-order valence-corrected chi connectivity index (χ3v) is 5.65. The lowest BCUT2D eigenvalue weighted by Crippen LogP contribution is -2.46. The van der Waals surface area contributed by atoms with E-state index in [0.29, 0.717) is 26.2 Å². The minimum atomic E-state index is -0.862. The van der Waals surface area contributed by atoms with Crippen molar-refractivity contribution >= 4 is 5.97 Å². The summed E-state index contributed by atoms with van der Waals surface area (Å²) >= 11 is 0. The highest BCUT2D eigenvalue weighted by molar-refractivity contribution is 5.86. The van der Waals surface area contributed by atoms with Gasteiger partial charge >= 0.3 is 5.97 Å². The van der Waals surface area contributed by atoms with Crippen molar-refractivity contribution in [3.8, 4) is 0 Å². The molecule has 2 atom stereocenters. The summed E-state index contributed by atoms with van der Waals surface area (Å²) in [4.78, 5) is 12.6. The molecule has 134 valence electrons. The van der Waals surface area contributed by atoms with Crippen molar-refractivity contribution in [3.05, 3.63) is 0 Å². The molecule has 5 heteroatoms. The molecule has 0 radical (unpaired) electrons. The zero-order valence-corrected chi connectivity index (χ0v) is 15.2. The summed E-state index contributed by atoms with van der Waals surface area (Å²) in [7, 11) is 0. The van der Waals surface area contributed by atoms with Crippen LogP contribution in [0.3, 0.4) is 0 Å². The highest BCUT2D eigenvalue weighted by Gasteiger charge is 2.65. The van der Waals surface area contributed by atoms with Crippen molar-refractivity contribution in [2.75, 3.05) is 19.8 Å². The van der Waals surface area contributed by atoms with Crippen LogP contribution in [0.2, 0.25) is 0 Å². The maximum Gasteiger partial charge on any atom is 0.329 e. The van der Waals surface area contributed by atoms with E-state index < -0.39 is 11.8 Å². The Hall–Kier alpha value is -0.650. The van der Waals surface area contributed by atoms with E-state index in [0.717, 1.165) is 25.7 Å². The lowest BCUT2D eigenvalue weighted by molar-refractivity contribution is -0.220. The Labute approximate surface area is 140 Å². The van der Waals surface area contributed by atoms with E-state index in [1.807, 2.05) is 20.8 Å². The molecule has 2 rings (SSSR count). The molecule has 2 fully saturated rings. The number of carbonyl (C=O) groups excluding carboxylic acids is 1. The van der Waals surface area contributed by atoms with E-state index in [2.05, 4.69) is 6.92 Å². The van der Waals surface area contributed by atoms with Crippen LogP contribution >= 0.6 is 0 Å². The van der Waals surface area contributed by atoms with Crippen LogP contribution in [-0.4, -0.2) is 37.6 Å². The van der Waals surface area contributed by atoms with Crippen LogP contribution in [0.15, 0.2) is 0 Å². The zero-order valence-electron chi connectivity index (χ0n) is 15.2. The summed E-state index contributed by atoms with van der Waals surface area (Å²) < 4.78 is 17.1. The molecule has 0 heterocycles. The van der Waals surface area contributed by atoms with Crippen LogP contribution in [0.1, 0.15) is 66.2 Å². The van der Waals surface area contributed by atoms with Gasteiger partial charge in [-0.05, 0) is 31.6 Å². The van der Waals surface area contributed by atoms with Gasteiger partial charge in [0.05, 0.1) is 13.2 Å². The third-order valence-electron chi connectivity index (χ3n) is 5.65. The molecule has 2 aliphatic carbocycles. The third kappa shape index (κ3) is 4.06. The lowest BCUT2D eigenvalue weighted by atomic mass is 9.75. The van der Waals surface area contributed by atoms with Crippen LogP contribution < -0.4 is 5.73 Å². The van der Waals surface area contributed by atoms with Gasteiger partial charge < -0.3 is 19.9 Å². The summed E-state index contributed by atoms with van der Waals surface area (Å²) in [5.74, 6) is -0.323. The van der Waals surface area contributed by atoms with Crippen molar-refractivity contribution in [3.63, 3.8) is 0 Å². The first kappa shape index (κ1) is 18.7. The zero-order chi connectivity index (χ0) is 17.1. The molecule has 2 saturated carbocycles. The molecule has 2 N–H and O–H groups in total. The van der Waals surface area contributed by atoms with Gasteiger partial charge in [0.15, 0.2) is 0 Å². The van der Waals surface area contributed by atoms with Gasteiger partial charge in [0.1, 0.15) is 5.54 Å². The first-order valence-corrected chi connectivity index (χ1v) is 8.94. The van der Waals surface area contributed by atoms with Gasteiger partial charge in [0, 0.05) is 12.0 Å². The summed E-state index contributed by atoms with van der Waals surface area (Å²) in [6.45, 7) is 9.72. The van der Waals surface area contributed by atoms with Crippen molar-refractivity contribution in [2.45, 2.75) is 78.0 Å². The Morgan fingerprint density at radius 3 is 2.26 bits per heavy atom. The second kappa shape index (κ2) is 7.08. The van der Waals surface area contributed by atoms with Gasteiger partial charge in [-0.25, -0.2) is 4.79 Å². The van der Waals surface area contributed by atoms with Crippen LogP contribution in [-0.2, 0) is 19.0 Å². The number of ether oxygens (including phenoxy) is 3. The predicted octanol–water partition coefficient (Wildman–Crippen LogP) is 3.01. The highest BCUT2D eigenvalue weighted by atomic mass is 16.7. The Kier molecular flexibility index (Phi) is 5.75. The van der Waals surface area contributed by atoms with Crippen molar-refractivity contribution in [1.82, 2.24) is 0 Å². The second-order valence-electron chi connectivity index (χ2n) is 8.05. The van der Waals surface area contributed by atoms with E-state index in [1.54, 1.807) is 0 Å². The SMILES string of the molecule is CCOCCOC(OC(=O)C1(N)CC1(C)C)C1(C)CCCCC1. The number of esters is 1. The van der Waals surface area contributed by atoms with Gasteiger partial charge in [-0.15, -0.1) is 0 Å². The fraction of sp³-hybridized carbons (Fsp3) is 0.944. The molecule has 0 bridgehead atoms. The monoisotopic (exact) mass is 327 g/mol. The molecular weight excluding hydrogens is 294 g/mol. The van der Waals surface area contributed by atoms with Gasteiger partial charge in [0.25, 0.3) is 0 Å². The van der Waals surface area contributed by atoms with Gasteiger partial charge in [-0.3, -0.25) is 0 Å². The first-order chi connectivity index (χ1) is 10.8. The Morgan fingerprint density at radius 1 is 1.13 bits per heavy atom. The van der Waals surface area contributed by atoms with Gasteiger partial charge in [-0.2, -0.15) is 0 Å². The smallest absolute Gasteiger partial charge is 0.329 e. The summed E-state index contributed by atoms with van der Waals surface area (Å²) in [6, 6.07) is 0. The molecule has 0 aromatic carbocycles. The fourth-order valence-corrected chi connectivity index (χ4v) is 3.53.